The van der Waals surface area contributed by atoms with Gasteiger partial charge in [-0.2, -0.15) is 0 Å². The van der Waals surface area contributed by atoms with Crippen LogP contribution in [0.4, 0.5) is 0 Å². The van der Waals surface area contributed by atoms with Crippen LogP contribution in [0.2, 0.25) is 0 Å². The quantitative estimate of drug-likeness (QED) is 0.409. The van der Waals surface area contributed by atoms with Crippen LogP contribution in [-0.4, -0.2) is 11.9 Å². The maximum absolute atomic E-state index is 11.5. The molecule has 0 spiro atoms. The van der Waals surface area contributed by atoms with Crippen LogP contribution >= 0.6 is 0 Å². The van der Waals surface area contributed by atoms with Crippen molar-refractivity contribution in [3.63, 3.8) is 0 Å². The Kier molecular flexibility index (Phi) is 5.90. The summed E-state index contributed by atoms with van der Waals surface area (Å²) in [5, 5.41) is 0. The van der Waals surface area contributed by atoms with Gasteiger partial charge in [0.1, 0.15) is 0 Å². The Morgan fingerprint density at radius 3 is 2.13 bits per heavy atom. The SMILES string of the molecule is CC=C(CC)C(C)C(C)C(=O)OC(C)=O. The van der Waals surface area contributed by atoms with E-state index in [-0.39, 0.29) is 11.8 Å². The molecule has 2 unspecified atom stereocenters. The normalized spacial score (nSPS) is 15.7. The summed E-state index contributed by atoms with van der Waals surface area (Å²) in [6.45, 7) is 9.01. The van der Waals surface area contributed by atoms with Crippen molar-refractivity contribution in [1.29, 1.82) is 0 Å². The molecule has 86 valence electrons. The van der Waals surface area contributed by atoms with Crippen molar-refractivity contribution in [1.82, 2.24) is 0 Å². The Balaban J connectivity index is 4.49. The van der Waals surface area contributed by atoms with E-state index < -0.39 is 11.9 Å². The number of carbonyl (C=O) groups is 2. The van der Waals surface area contributed by atoms with Gasteiger partial charge in [-0.1, -0.05) is 32.4 Å². The summed E-state index contributed by atoms with van der Waals surface area (Å²) in [5.74, 6) is -1.15. The molecule has 0 fully saturated rings. The number of hydrogen-bond donors (Lipinski definition) is 0. The summed E-state index contributed by atoms with van der Waals surface area (Å²) in [4.78, 5) is 22.1. The van der Waals surface area contributed by atoms with Crippen molar-refractivity contribution >= 4 is 11.9 Å². The third kappa shape index (κ3) is 4.28. The molecule has 0 radical (unpaired) electrons. The topological polar surface area (TPSA) is 43.4 Å². The minimum absolute atomic E-state index is 0.117. The number of rotatable bonds is 4. The van der Waals surface area contributed by atoms with E-state index in [9.17, 15) is 9.59 Å². The summed E-state index contributed by atoms with van der Waals surface area (Å²) in [6, 6.07) is 0. The largest absolute Gasteiger partial charge is 0.393 e. The van der Waals surface area contributed by atoms with E-state index in [1.54, 1.807) is 6.92 Å². The fourth-order valence-corrected chi connectivity index (χ4v) is 1.55. The molecule has 0 N–H and O–H groups in total. The van der Waals surface area contributed by atoms with E-state index in [2.05, 4.69) is 11.7 Å². The number of ether oxygens (including phenoxy) is 1. The van der Waals surface area contributed by atoms with Gasteiger partial charge in [-0.3, -0.25) is 9.59 Å². The van der Waals surface area contributed by atoms with Crippen molar-refractivity contribution in [3.8, 4) is 0 Å². The lowest BCUT2D eigenvalue weighted by Gasteiger charge is -2.20. The fraction of sp³-hybridized carbons (Fsp3) is 0.667. The van der Waals surface area contributed by atoms with E-state index in [1.807, 2.05) is 19.9 Å². The Bertz CT molecular complexity index is 266. The van der Waals surface area contributed by atoms with Crippen molar-refractivity contribution in [2.45, 2.75) is 41.0 Å². The van der Waals surface area contributed by atoms with Gasteiger partial charge in [-0.05, 0) is 19.3 Å². The first-order chi connectivity index (χ1) is 6.93. The molecule has 0 aromatic carbocycles. The van der Waals surface area contributed by atoms with Crippen molar-refractivity contribution in [2.75, 3.05) is 0 Å². The van der Waals surface area contributed by atoms with Crippen LogP contribution < -0.4 is 0 Å². The molecule has 15 heavy (non-hydrogen) atoms. The molecule has 0 aliphatic heterocycles. The molecular formula is C12H20O3. The first kappa shape index (κ1) is 13.9. The summed E-state index contributed by atoms with van der Waals surface area (Å²) in [5.41, 5.74) is 1.21. The molecule has 2 atom stereocenters. The van der Waals surface area contributed by atoms with Gasteiger partial charge in [0.05, 0.1) is 5.92 Å². The molecule has 0 amide bonds. The Labute approximate surface area is 91.5 Å². The van der Waals surface area contributed by atoms with Gasteiger partial charge in [-0.25, -0.2) is 0 Å². The maximum Gasteiger partial charge on any atom is 0.316 e. The molecule has 0 rings (SSSR count). The lowest BCUT2D eigenvalue weighted by Crippen LogP contribution is -2.24. The molecule has 0 aromatic rings. The third-order valence-corrected chi connectivity index (χ3v) is 2.73. The standard InChI is InChI=1S/C12H20O3/c1-6-11(7-2)8(3)9(4)12(14)15-10(5)13/h6,8-9H,7H2,1-5H3. The van der Waals surface area contributed by atoms with E-state index in [1.165, 1.54) is 12.5 Å². The molecule has 0 aliphatic carbocycles. The minimum atomic E-state index is -0.544. The molecule has 0 aliphatic rings. The Morgan fingerprint density at radius 2 is 1.80 bits per heavy atom. The summed E-state index contributed by atoms with van der Waals surface area (Å²) in [7, 11) is 0. The highest BCUT2D eigenvalue weighted by molar-refractivity contribution is 5.85. The van der Waals surface area contributed by atoms with E-state index in [4.69, 9.17) is 0 Å². The average molecular weight is 212 g/mol. The van der Waals surface area contributed by atoms with Crippen molar-refractivity contribution in [2.24, 2.45) is 11.8 Å². The van der Waals surface area contributed by atoms with Crippen LogP contribution in [0.15, 0.2) is 11.6 Å². The van der Waals surface area contributed by atoms with E-state index in [0.717, 1.165) is 6.42 Å². The Hall–Kier alpha value is -1.12. The molecule has 0 bridgehead atoms. The highest BCUT2D eigenvalue weighted by Gasteiger charge is 2.24. The predicted molar refractivity (Wildman–Crippen MR) is 59.1 cm³/mol. The van der Waals surface area contributed by atoms with Crippen LogP contribution in [0.1, 0.15) is 41.0 Å². The summed E-state index contributed by atoms with van der Waals surface area (Å²) < 4.78 is 4.57. The number of hydrogen-bond acceptors (Lipinski definition) is 3. The zero-order valence-electron chi connectivity index (χ0n) is 10.2. The molecule has 3 nitrogen and oxygen atoms in total. The molecule has 3 heteroatoms. The zero-order valence-corrected chi connectivity index (χ0v) is 10.2. The van der Waals surface area contributed by atoms with Crippen LogP contribution in [0.3, 0.4) is 0 Å². The average Bonchev–Trinajstić information content (AvgIpc) is 2.17. The third-order valence-electron chi connectivity index (χ3n) is 2.73. The van der Waals surface area contributed by atoms with Crippen molar-refractivity contribution in [3.05, 3.63) is 11.6 Å². The monoisotopic (exact) mass is 212 g/mol. The first-order valence-electron chi connectivity index (χ1n) is 5.31. The second-order valence-electron chi connectivity index (χ2n) is 3.71. The Morgan fingerprint density at radius 1 is 1.27 bits per heavy atom. The van der Waals surface area contributed by atoms with Gasteiger partial charge in [-0.15, -0.1) is 0 Å². The maximum atomic E-state index is 11.5. The first-order valence-corrected chi connectivity index (χ1v) is 5.31. The van der Waals surface area contributed by atoms with E-state index in [0.29, 0.717) is 0 Å². The summed E-state index contributed by atoms with van der Waals surface area (Å²) >= 11 is 0. The van der Waals surface area contributed by atoms with Gasteiger partial charge < -0.3 is 4.74 Å². The minimum Gasteiger partial charge on any atom is -0.393 e. The van der Waals surface area contributed by atoms with E-state index >= 15 is 0 Å². The van der Waals surface area contributed by atoms with Crippen LogP contribution in [-0.2, 0) is 14.3 Å². The zero-order chi connectivity index (χ0) is 12.0. The van der Waals surface area contributed by atoms with Crippen LogP contribution in [0.5, 0.6) is 0 Å². The predicted octanol–water partition coefficient (Wildman–Crippen LogP) is 2.70. The van der Waals surface area contributed by atoms with Gasteiger partial charge in [0.15, 0.2) is 0 Å². The molecule has 0 saturated heterocycles. The second-order valence-corrected chi connectivity index (χ2v) is 3.71. The molecule has 0 saturated carbocycles. The molecule has 0 heterocycles. The smallest absolute Gasteiger partial charge is 0.316 e. The van der Waals surface area contributed by atoms with Gasteiger partial charge >= 0.3 is 11.9 Å². The van der Waals surface area contributed by atoms with Crippen LogP contribution in [0, 0.1) is 11.8 Å². The molecule has 0 aromatic heterocycles. The van der Waals surface area contributed by atoms with Gasteiger partial charge in [0, 0.05) is 6.92 Å². The highest BCUT2D eigenvalue weighted by Crippen LogP contribution is 2.23. The lowest BCUT2D eigenvalue weighted by atomic mass is 9.87. The summed E-state index contributed by atoms with van der Waals surface area (Å²) in [6.07, 6.45) is 2.93. The fourth-order valence-electron chi connectivity index (χ4n) is 1.55. The number of allylic oxidation sites excluding steroid dienone is 2. The second kappa shape index (κ2) is 6.38. The van der Waals surface area contributed by atoms with Gasteiger partial charge in [0.25, 0.3) is 0 Å². The number of esters is 2. The molecular weight excluding hydrogens is 192 g/mol. The van der Waals surface area contributed by atoms with Gasteiger partial charge in [0.2, 0.25) is 0 Å². The lowest BCUT2D eigenvalue weighted by molar-refractivity contribution is -0.161. The van der Waals surface area contributed by atoms with Crippen molar-refractivity contribution < 1.29 is 14.3 Å². The van der Waals surface area contributed by atoms with Crippen LogP contribution in [0.25, 0.3) is 0 Å². The highest BCUT2D eigenvalue weighted by atomic mass is 16.6. The number of carbonyl (C=O) groups excluding carboxylic acids is 2.